The lowest BCUT2D eigenvalue weighted by atomic mass is 9.93. The lowest BCUT2D eigenvalue weighted by Crippen LogP contribution is -2.40. The second-order valence-electron chi connectivity index (χ2n) is 4.99. The predicted octanol–water partition coefficient (Wildman–Crippen LogP) is 2.09. The lowest BCUT2D eigenvalue weighted by molar-refractivity contribution is -0.136. The van der Waals surface area contributed by atoms with Gasteiger partial charge in [-0.25, -0.2) is 8.78 Å². The van der Waals surface area contributed by atoms with Crippen LogP contribution in [0.4, 0.5) is 8.78 Å². The molecule has 0 aliphatic rings. The molecule has 1 aromatic rings. The summed E-state index contributed by atoms with van der Waals surface area (Å²) in [4.78, 5) is 10.5. The molecular weight excluding hydrogens is 268 g/mol. The van der Waals surface area contributed by atoms with E-state index in [0.29, 0.717) is 0 Å². The molecule has 0 aliphatic heterocycles. The van der Waals surface area contributed by atoms with Gasteiger partial charge in [0.1, 0.15) is 0 Å². The van der Waals surface area contributed by atoms with Crippen LogP contribution in [-0.4, -0.2) is 28.8 Å². The van der Waals surface area contributed by atoms with E-state index in [9.17, 15) is 18.7 Å². The first-order valence-corrected chi connectivity index (χ1v) is 6.41. The summed E-state index contributed by atoms with van der Waals surface area (Å²) in [6, 6.07) is 2.79. The molecule has 0 aromatic heterocycles. The van der Waals surface area contributed by atoms with Gasteiger partial charge in [0.25, 0.3) is 0 Å². The first-order valence-electron chi connectivity index (χ1n) is 6.41. The molecule has 112 valence electrons. The summed E-state index contributed by atoms with van der Waals surface area (Å²) in [6.45, 7) is 3.89. The fourth-order valence-electron chi connectivity index (χ4n) is 1.96. The van der Waals surface area contributed by atoms with Gasteiger partial charge in [0, 0.05) is 12.6 Å². The minimum absolute atomic E-state index is 0.00749. The Morgan fingerprint density at radius 3 is 2.45 bits per heavy atom. The molecule has 0 amide bonds. The number of rotatable bonds is 7. The van der Waals surface area contributed by atoms with Gasteiger partial charge >= 0.3 is 5.97 Å². The van der Waals surface area contributed by atoms with Gasteiger partial charge in [-0.2, -0.15) is 0 Å². The van der Waals surface area contributed by atoms with Crippen LogP contribution in [0.15, 0.2) is 18.2 Å². The summed E-state index contributed by atoms with van der Waals surface area (Å²) in [5, 5.41) is 21.8. The molecule has 2 atom stereocenters. The summed E-state index contributed by atoms with van der Waals surface area (Å²) >= 11 is 0. The molecule has 2 unspecified atom stereocenters. The van der Waals surface area contributed by atoms with Crippen molar-refractivity contribution in [1.29, 1.82) is 0 Å². The van der Waals surface area contributed by atoms with Crippen LogP contribution in [0.3, 0.4) is 0 Å². The molecule has 1 aromatic carbocycles. The van der Waals surface area contributed by atoms with E-state index in [1.165, 1.54) is 6.07 Å². The number of carboxylic acid groups (broad SMARTS) is 1. The van der Waals surface area contributed by atoms with Crippen molar-refractivity contribution in [2.75, 3.05) is 6.54 Å². The van der Waals surface area contributed by atoms with Crippen LogP contribution in [0.5, 0.6) is 0 Å². The number of carboxylic acids is 1. The van der Waals surface area contributed by atoms with Gasteiger partial charge in [0.15, 0.2) is 11.6 Å². The summed E-state index contributed by atoms with van der Waals surface area (Å²) in [5.41, 5.74) is 0.255. The number of aliphatic carboxylic acids is 1. The Kier molecular flexibility index (Phi) is 6.04. The van der Waals surface area contributed by atoms with E-state index in [4.69, 9.17) is 5.11 Å². The van der Waals surface area contributed by atoms with Gasteiger partial charge in [-0.15, -0.1) is 0 Å². The zero-order valence-electron chi connectivity index (χ0n) is 11.4. The minimum Gasteiger partial charge on any atom is -0.481 e. The SMILES string of the molecule is CC(C)C(NCCC(=O)O)C(O)c1ccc(F)c(F)c1. The van der Waals surface area contributed by atoms with E-state index in [2.05, 4.69) is 5.32 Å². The van der Waals surface area contributed by atoms with Crippen LogP contribution in [0, 0.1) is 17.6 Å². The Balaban J connectivity index is 2.79. The third-order valence-corrected chi connectivity index (χ3v) is 3.06. The van der Waals surface area contributed by atoms with E-state index in [-0.39, 0.29) is 24.4 Å². The van der Waals surface area contributed by atoms with Crippen LogP contribution < -0.4 is 5.32 Å². The summed E-state index contributed by atoms with van der Waals surface area (Å²) < 4.78 is 26.1. The quantitative estimate of drug-likeness (QED) is 0.718. The van der Waals surface area contributed by atoms with Gasteiger partial charge in [0.2, 0.25) is 0 Å². The number of hydrogen-bond acceptors (Lipinski definition) is 3. The van der Waals surface area contributed by atoms with Crippen LogP contribution in [-0.2, 0) is 4.79 Å². The molecule has 0 radical (unpaired) electrons. The molecule has 0 aliphatic carbocycles. The maximum absolute atomic E-state index is 13.2. The number of nitrogens with one attached hydrogen (secondary N) is 1. The second kappa shape index (κ2) is 7.31. The molecule has 0 fully saturated rings. The van der Waals surface area contributed by atoms with E-state index >= 15 is 0 Å². The van der Waals surface area contributed by atoms with Gasteiger partial charge in [-0.3, -0.25) is 4.79 Å². The molecule has 3 N–H and O–H groups in total. The smallest absolute Gasteiger partial charge is 0.304 e. The molecule has 1 rings (SSSR count). The first kappa shape index (κ1) is 16.5. The van der Waals surface area contributed by atoms with E-state index in [1.807, 2.05) is 13.8 Å². The van der Waals surface area contributed by atoms with Crippen LogP contribution in [0.1, 0.15) is 31.9 Å². The van der Waals surface area contributed by atoms with Crippen molar-refractivity contribution in [3.63, 3.8) is 0 Å². The standard InChI is InChI=1S/C14H19F2NO3/c1-8(2)13(17-6-5-12(18)19)14(20)9-3-4-10(15)11(16)7-9/h3-4,7-8,13-14,17,20H,5-6H2,1-2H3,(H,18,19). The zero-order chi connectivity index (χ0) is 15.3. The fourth-order valence-corrected chi connectivity index (χ4v) is 1.96. The third kappa shape index (κ3) is 4.54. The number of halogens is 2. The zero-order valence-corrected chi connectivity index (χ0v) is 11.4. The van der Waals surface area contributed by atoms with E-state index in [0.717, 1.165) is 12.1 Å². The highest BCUT2D eigenvalue weighted by molar-refractivity contribution is 5.66. The predicted molar refractivity (Wildman–Crippen MR) is 70.2 cm³/mol. The van der Waals surface area contributed by atoms with Gasteiger partial charge < -0.3 is 15.5 Å². The minimum atomic E-state index is -1.04. The average molecular weight is 287 g/mol. The molecular formula is C14H19F2NO3. The van der Waals surface area contributed by atoms with Crippen LogP contribution >= 0.6 is 0 Å². The number of hydrogen-bond donors (Lipinski definition) is 3. The number of aliphatic hydroxyl groups is 1. The van der Waals surface area contributed by atoms with Crippen LogP contribution in [0.2, 0.25) is 0 Å². The monoisotopic (exact) mass is 287 g/mol. The van der Waals surface area contributed by atoms with E-state index in [1.54, 1.807) is 0 Å². The molecule has 0 bridgehead atoms. The molecule has 0 spiro atoms. The Morgan fingerprint density at radius 2 is 1.95 bits per heavy atom. The lowest BCUT2D eigenvalue weighted by Gasteiger charge is -2.27. The topological polar surface area (TPSA) is 69.6 Å². The Bertz CT molecular complexity index is 466. The van der Waals surface area contributed by atoms with Crippen molar-refractivity contribution < 1.29 is 23.8 Å². The van der Waals surface area contributed by atoms with Crippen molar-refractivity contribution in [2.45, 2.75) is 32.4 Å². The third-order valence-electron chi connectivity index (χ3n) is 3.06. The van der Waals surface area contributed by atoms with Gasteiger partial charge in [0.05, 0.1) is 12.5 Å². The normalized spacial score (nSPS) is 14.3. The largest absolute Gasteiger partial charge is 0.481 e. The average Bonchev–Trinajstić information content (AvgIpc) is 2.36. The molecule has 6 heteroatoms. The van der Waals surface area contributed by atoms with Crippen molar-refractivity contribution in [2.24, 2.45) is 5.92 Å². The van der Waals surface area contributed by atoms with Gasteiger partial charge in [-0.05, 0) is 23.6 Å². The van der Waals surface area contributed by atoms with Crippen molar-refractivity contribution in [1.82, 2.24) is 5.32 Å². The van der Waals surface area contributed by atoms with Crippen molar-refractivity contribution in [3.05, 3.63) is 35.4 Å². The summed E-state index contributed by atoms with van der Waals surface area (Å²) in [5.74, 6) is -2.94. The summed E-state index contributed by atoms with van der Waals surface area (Å²) in [7, 11) is 0. The molecule has 20 heavy (non-hydrogen) atoms. The van der Waals surface area contributed by atoms with Crippen molar-refractivity contribution in [3.8, 4) is 0 Å². The molecule has 0 saturated carbocycles. The van der Waals surface area contributed by atoms with Crippen LogP contribution in [0.25, 0.3) is 0 Å². The maximum atomic E-state index is 13.2. The second-order valence-corrected chi connectivity index (χ2v) is 4.99. The molecule has 0 heterocycles. The Morgan fingerprint density at radius 1 is 1.30 bits per heavy atom. The highest BCUT2D eigenvalue weighted by Crippen LogP contribution is 2.23. The Hall–Kier alpha value is -1.53. The summed E-state index contributed by atoms with van der Waals surface area (Å²) in [6.07, 6.45) is -1.12. The van der Waals surface area contributed by atoms with E-state index < -0.39 is 29.7 Å². The Labute approximate surface area is 116 Å². The number of benzene rings is 1. The van der Waals surface area contributed by atoms with Crippen molar-refractivity contribution >= 4 is 5.97 Å². The highest BCUT2D eigenvalue weighted by atomic mass is 19.2. The number of aliphatic hydroxyl groups excluding tert-OH is 1. The number of carbonyl (C=O) groups is 1. The fraction of sp³-hybridized carbons (Fsp3) is 0.500. The first-order chi connectivity index (χ1) is 9.32. The maximum Gasteiger partial charge on any atom is 0.304 e. The molecule has 0 saturated heterocycles. The van der Waals surface area contributed by atoms with Gasteiger partial charge in [-0.1, -0.05) is 19.9 Å². The highest BCUT2D eigenvalue weighted by Gasteiger charge is 2.24. The molecule has 4 nitrogen and oxygen atoms in total.